The Morgan fingerprint density at radius 3 is 2.81 bits per heavy atom. The van der Waals surface area contributed by atoms with Crippen LogP contribution < -0.4 is 10.9 Å². The summed E-state index contributed by atoms with van der Waals surface area (Å²) >= 11 is 0. The van der Waals surface area contributed by atoms with E-state index < -0.39 is 0 Å². The zero-order valence-electron chi connectivity index (χ0n) is 14.0. The lowest BCUT2D eigenvalue weighted by Crippen LogP contribution is -2.33. The smallest absolute Gasteiger partial charge is 0.269 e. The molecule has 2 aromatic carbocycles. The normalized spacial score (nSPS) is 11.1. The van der Waals surface area contributed by atoms with Gasteiger partial charge in [0.05, 0.1) is 17.2 Å². The van der Waals surface area contributed by atoms with E-state index in [-0.39, 0.29) is 18.0 Å². The van der Waals surface area contributed by atoms with Crippen molar-refractivity contribution < 1.29 is 9.21 Å². The summed E-state index contributed by atoms with van der Waals surface area (Å²) in [6.45, 7) is 0.401. The molecular formula is C20H17N3O3. The summed E-state index contributed by atoms with van der Waals surface area (Å²) in [7, 11) is 0. The van der Waals surface area contributed by atoms with E-state index in [1.807, 2.05) is 48.5 Å². The van der Waals surface area contributed by atoms with Crippen molar-refractivity contribution in [3.8, 4) is 0 Å². The summed E-state index contributed by atoms with van der Waals surface area (Å²) in [4.78, 5) is 28.4. The first kappa shape index (κ1) is 16.1. The second kappa shape index (κ2) is 6.84. The summed E-state index contributed by atoms with van der Waals surface area (Å²) in [5.41, 5.74) is 1.87. The lowest BCUT2D eigenvalue weighted by Gasteiger charge is -2.09. The molecule has 2 heterocycles. The third-order valence-electron chi connectivity index (χ3n) is 4.22. The molecule has 0 aliphatic carbocycles. The SMILES string of the molecule is O=C(Cn1c(=O)cnc2ccccc21)NCCc1cc2ccccc2o1. The van der Waals surface area contributed by atoms with Gasteiger partial charge in [-0.25, -0.2) is 4.98 Å². The van der Waals surface area contributed by atoms with Gasteiger partial charge in [0.25, 0.3) is 5.56 Å². The highest BCUT2D eigenvalue weighted by molar-refractivity contribution is 5.80. The molecule has 6 nitrogen and oxygen atoms in total. The molecule has 1 amide bonds. The summed E-state index contributed by atoms with van der Waals surface area (Å²) in [6.07, 6.45) is 1.83. The van der Waals surface area contributed by atoms with Crippen LogP contribution in [0.1, 0.15) is 5.76 Å². The van der Waals surface area contributed by atoms with E-state index in [0.29, 0.717) is 24.0 Å². The lowest BCUT2D eigenvalue weighted by molar-refractivity contribution is -0.121. The standard InChI is InChI=1S/C20H17N3O3/c24-19(13-23-17-7-3-2-6-16(17)22-12-20(23)25)21-10-9-15-11-14-5-1-4-8-18(14)26-15/h1-8,11-12H,9-10,13H2,(H,21,24). The highest BCUT2D eigenvalue weighted by Gasteiger charge is 2.09. The third kappa shape index (κ3) is 3.21. The maximum atomic E-state index is 12.2. The van der Waals surface area contributed by atoms with Gasteiger partial charge in [0, 0.05) is 18.4 Å². The Hall–Kier alpha value is -3.41. The van der Waals surface area contributed by atoms with E-state index in [4.69, 9.17) is 4.42 Å². The van der Waals surface area contributed by atoms with Gasteiger partial charge in [-0.2, -0.15) is 0 Å². The molecule has 0 saturated heterocycles. The van der Waals surface area contributed by atoms with E-state index >= 15 is 0 Å². The number of aromatic nitrogens is 2. The van der Waals surface area contributed by atoms with Crippen LogP contribution in [0.3, 0.4) is 0 Å². The first-order valence-corrected chi connectivity index (χ1v) is 8.39. The van der Waals surface area contributed by atoms with Crippen molar-refractivity contribution in [2.45, 2.75) is 13.0 Å². The zero-order chi connectivity index (χ0) is 17.9. The topological polar surface area (TPSA) is 77.1 Å². The highest BCUT2D eigenvalue weighted by Crippen LogP contribution is 2.18. The summed E-state index contributed by atoms with van der Waals surface area (Å²) in [5.74, 6) is 0.595. The third-order valence-corrected chi connectivity index (χ3v) is 4.22. The second-order valence-electron chi connectivity index (χ2n) is 6.02. The monoisotopic (exact) mass is 347 g/mol. The molecule has 0 spiro atoms. The minimum absolute atomic E-state index is 0.0397. The summed E-state index contributed by atoms with van der Waals surface area (Å²) in [5, 5.41) is 3.88. The van der Waals surface area contributed by atoms with E-state index in [0.717, 1.165) is 16.7 Å². The Bertz CT molecular complexity index is 1110. The van der Waals surface area contributed by atoms with E-state index in [1.54, 1.807) is 6.07 Å². The molecule has 6 heteroatoms. The van der Waals surface area contributed by atoms with Gasteiger partial charge in [-0.15, -0.1) is 0 Å². The van der Waals surface area contributed by atoms with E-state index in [9.17, 15) is 9.59 Å². The number of para-hydroxylation sites is 3. The van der Waals surface area contributed by atoms with Crippen LogP contribution in [-0.2, 0) is 17.8 Å². The molecule has 0 radical (unpaired) electrons. The Balaban J connectivity index is 1.41. The number of nitrogens with zero attached hydrogens (tertiary/aromatic N) is 2. The number of rotatable bonds is 5. The molecule has 1 N–H and O–H groups in total. The Kier molecular flexibility index (Phi) is 4.23. The van der Waals surface area contributed by atoms with Gasteiger partial charge in [-0.05, 0) is 24.3 Å². The molecule has 0 aliphatic heterocycles. The molecule has 4 aromatic rings. The Morgan fingerprint density at radius 2 is 1.92 bits per heavy atom. The van der Waals surface area contributed by atoms with Gasteiger partial charge >= 0.3 is 0 Å². The van der Waals surface area contributed by atoms with Crippen LogP contribution >= 0.6 is 0 Å². The number of hydrogen-bond donors (Lipinski definition) is 1. The van der Waals surface area contributed by atoms with Crippen LogP contribution in [0.15, 0.2) is 70.0 Å². The molecule has 2 aromatic heterocycles. The summed E-state index contributed by atoms with van der Waals surface area (Å²) < 4.78 is 7.16. The molecular weight excluding hydrogens is 330 g/mol. The molecule has 0 saturated carbocycles. The number of benzene rings is 2. The molecule has 0 atom stereocenters. The lowest BCUT2D eigenvalue weighted by atomic mass is 10.2. The maximum absolute atomic E-state index is 12.2. The molecule has 130 valence electrons. The van der Waals surface area contributed by atoms with Gasteiger partial charge < -0.3 is 9.73 Å². The van der Waals surface area contributed by atoms with Crippen molar-refractivity contribution in [3.63, 3.8) is 0 Å². The van der Waals surface area contributed by atoms with Crippen molar-refractivity contribution in [2.75, 3.05) is 6.54 Å². The van der Waals surface area contributed by atoms with Crippen molar-refractivity contribution in [1.29, 1.82) is 0 Å². The number of nitrogens with one attached hydrogen (secondary N) is 1. The van der Waals surface area contributed by atoms with Crippen molar-refractivity contribution in [1.82, 2.24) is 14.9 Å². The largest absolute Gasteiger partial charge is 0.461 e. The predicted octanol–water partition coefficient (Wildman–Crippen LogP) is 2.50. The van der Waals surface area contributed by atoms with Crippen LogP contribution in [0.4, 0.5) is 0 Å². The first-order valence-electron chi connectivity index (χ1n) is 8.39. The van der Waals surface area contributed by atoms with Gasteiger partial charge in [0.15, 0.2) is 0 Å². The van der Waals surface area contributed by atoms with Crippen molar-refractivity contribution in [3.05, 3.63) is 76.9 Å². The van der Waals surface area contributed by atoms with Gasteiger partial charge in [0.2, 0.25) is 5.91 Å². The highest BCUT2D eigenvalue weighted by atomic mass is 16.3. The fourth-order valence-electron chi connectivity index (χ4n) is 2.96. The van der Waals surface area contributed by atoms with E-state index in [1.165, 1.54) is 10.8 Å². The molecule has 0 fully saturated rings. The molecule has 0 aliphatic rings. The Labute approximate surface area is 149 Å². The maximum Gasteiger partial charge on any atom is 0.269 e. The van der Waals surface area contributed by atoms with Gasteiger partial charge in [-0.3, -0.25) is 14.2 Å². The Morgan fingerprint density at radius 1 is 1.12 bits per heavy atom. The van der Waals surface area contributed by atoms with Gasteiger partial charge in [-0.1, -0.05) is 30.3 Å². The minimum Gasteiger partial charge on any atom is -0.461 e. The van der Waals surface area contributed by atoms with Crippen molar-refractivity contribution >= 4 is 27.9 Å². The van der Waals surface area contributed by atoms with Crippen LogP contribution in [0.2, 0.25) is 0 Å². The average molecular weight is 347 g/mol. The predicted molar refractivity (Wildman–Crippen MR) is 98.9 cm³/mol. The zero-order valence-corrected chi connectivity index (χ0v) is 14.0. The van der Waals surface area contributed by atoms with E-state index in [2.05, 4.69) is 10.3 Å². The van der Waals surface area contributed by atoms with Crippen molar-refractivity contribution in [2.24, 2.45) is 0 Å². The molecule has 0 unspecified atom stereocenters. The number of amides is 1. The number of carbonyl (C=O) groups excluding carboxylic acids is 1. The van der Waals surface area contributed by atoms with Crippen LogP contribution in [0, 0.1) is 0 Å². The molecule has 4 rings (SSSR count). The molecule has 26 heavy (non-hydrogen) atoms. The fraction of sp³-hybridized carbons (Fsp3) is 0.150. The van der Waals surface area contributed by atoms with Crippen LogP contribution in [0.5, 0.6) is 0 Å². The minimum atomic E-state index is -0.295. The first-order chi connectivity index (χ1) is 12.7. The number of carbonyl (C=O) groups is 1. The quantitative estimate of drug-likeness (QED) is 0.602. The molecule has 0 bridgehead atoms. The number of fused-ring (bicyclic) bond motifs is 2. The number of furan rings is 1. The van der Waals surface area contributed by atoms with Crippen LogP contribution in [-0.4, -0.2) is 22.0 Å². The van der Waals surface area contributed by atoms with Gasteiger partial charge in [0.1, 0.15) is 17.9 Å². The fourth-order valence-corrected chi connectivity index (χ4v) is 2.96. The summed E-state index contributed by atoms with van der Waals surface area (Å²) in [6, 6.07) is 17.0. The van der Waals surface area contributed by atoms with Crippen LogP contribution in [0.25, 0.3) is 22.0 Å². The average Bonchev–Trinajstić information content (AvgIpc) is 3.07. The number of hydrogen-bond acceptors (Lipinski definition) is 4. The second-order valence-corrected chi connectivity index (χ2v) is 6.02.